The Bertz CT molecular complexity index is 281. The molecule has 18 heavy (non-hydrogen) atoms. The van der Waals surface area contributed by atoms with Crippen molar-refractivity contribution in [3.8, 4) is 0 Å². The molecule has 0 spiro atoms. The summed E-state index contributed by atoms with van der Waals surface area (Å²) in [4.78, 5) is 9.81. The maximum Gasteiger partial charge on any atom is 1.00 e. The monoisotopic (exact) mass is 290 g/mol. The summed E-state index contributed by atoms with van der Waals surface area (Å²) in [6.07, 6.45) is 3.57. The van der Waals surface area contributed by atoms with E-state index >= 15 is 0 Å². The minimum absolute atomic E-state index is 0. The Morgan fingerprint density at radius 3 is 2.28 bits per heavy atom. The maximum atomic E-state index is 10.6. The van der Waals surface area contributed by atoms with E-state index in [0.29, 0.717) is 12.5 Å². The minimum atomic E-state index is -4.20. The Kier molecular flexibility index (Phi) is 13.7. The van der Waals surface area contributed by atoms with Gasteiger partial charge in [-0.1, -0.05) is 26.7 Å². The van der Waals surface area contributed by atoms with Gasteiger partial charge < -0.3 is 4.55 Å². The normalized spacial score (nSPS) is 14.9. The number of hydrogen-bond donors (Lipinski definition) is 0. The van der Waals surface area contributed by atoms with Crippen LogP contribution in [0.5, 0.6) is 0 Å². The van der Waals surface area contributed by atoms with Crippen LogP contribution in [0.2, 0.25) is 0 Å². The molecular formula is C11H23NaO5S. The molecule has 5 nitrogen and oxygen atoms in total. The van der Waals surface area contributed by atoms with Gasteiger partial charge in [-0.15, -0.1) is 0 Å². The van der Waals surface area contributed by atoms with Crippen molar-refractivity contribution >= 4 is 10.1 Å². The summed E-state index contributed by atoms with van der Waals surface area (Å²) in [5, 5.41) is -0.927. The van der Waals surface area contributed by atoms with E-state index in [1.54, 1.807) is 0 Å². The van der Waals surface area contributed by atoms with Gasteiger partial charge in [0.1, 0.15) is 0 Å². The molecule has 0 radical (unpaired) electrons. The van der Waals surface area contributed by atoms with Gasteiger partial charge in [-0.3, -0.25) is 0 Å². The summed E-state index contributed by atoms with van der Waals surface area (Å²) in [6.45, 7) is 6.20. The van der Waals surface area contributed by atoms with E-state index in [0.717, 1.165) is 19.3 Å². The molecule has 0 amide bonds. The minimum Gasteiger partial charge on any atom is -0.748 e. The summed E-state index contributed by atoms with van der Waals surface area (Å²) in [5.41, 5.74) is 0. The third-order valence-corrected chi connectivity index (χ3v) is 3.81. The van der Waals surface area contributed by atoms with E-state index in [1.165, 1.54) is 6.92 Å². The molecule has 0 N–H and O–H groups in total. The van der Waals surface area contributed by atoms with E-state index in [2.05, 4.69) is 13.8 Å². The van der Waals surface area contributed by atoms with Crippen molar-refractivity contribution in [3.63, 3.8) is 0 Å². The van der Waals surface area contributed by atoms with Gasteiger partial charge in [-0.05, 0) is 25.7 Å². The molecule has 0 aromatic heterocycles. The molecule has 7 heteroatoms. The fourth-order valence-corrected chi connectivity index (χ4v) is 1.60. The van der Waals surface area contributed by atoms with Crippen LogP contribution in [0, 0.1) is 5.92 Å². The fraction of sp³-hybridized carbons (Fsp3) is 1.00. The number of hydrogen-bond acceptors (Lipinski definition) is 5. The van der Waals surface area contributed by atoms with Crippen molar-refractivity contribution in [2.75, 3.05) is 13.2 Å². The Labute approximate surface area is 133 Å². The average Bonchev–Trinajstić information content (AvgIpc) is 2.24. The van der Waals surface area contributed by atoms with E-state index < -0.39 is 15.4 Å². The standard InChI is InChI=1S/C11H24O5S.Na/c1-4-5-6-10(2)9-16-15-8-7-11(3)17(12,13)14;/h10-11H,4-9H2,1-3H3,(H,12,13,14);/q;+1/p-1. The molecule has 0 aromatic rings. The fourth-order valence-electron chi connectivity index (χ4n) is 1.22. The molecule has 2 atom stereocenters. The molecular weight excluding hydrogens is 267 g/mol. The quantitative estimate of drug-likeness (QED) is 0.171. The van der Waals surface area contributed by atoms with Gasteiger partial charge in [0.25, 0.3) is 0 Å². The van der Waals surface area contributed by atoms with Crippen molar-refractivity contribution in [1.29, 1.82) is 0 Å². The van der Waals surface area contributed by atoms with Gasteiger partial charge in [0, 0.05) is 5.25 Å². The molecule has 104 valence electrons. The third-order valence-electron chi connectivity index (χ3n) is 2.59. The van der Waals surface area contributed by atoms with Gasteiger partial charge in [0.2, 0.25) is 0 Å². The zero-order chi connectivity index (χ0) is 13.3. The molecule has 0 saturated carbocycles. The topological polar surface area (TPSA) is 75.7 Å². The molecule has 0 aliphatic rings. The SMILES string of the molecule is CCCCC(C)COOCCC(C)S(=O)(=O)[O-].[Na+]. The molecule has 0 fully saturated rings. The summed E-state index contributed by atoms with van der Waals surface area (Å²) in [6, 6.07) is 0. The van der Waals surface area contributed by atoms with Crippen LogP contribution in [-0.2, 0) is 19.9 Å². The molecule has 0 aromatic carbocycles. The Morgan fingerprint density at radius 2 is 1.78 bits per heavy atom. The smallest absolute Gasteiger partial charge is 0.748 e. The molecule has 0 rings (SSSR count). The average molecular weight is 290 g/mol. The molecule has 0 aliphatic heterocycles. The first-order chi connectivity index (χ1) is 7.88. The van der Waals surface area contributed by atoms with Gasteiger partial charge >= 0.3 is 29.6 Å². The van der Waals surface area contributed by atoms with Gasteiger partial charge in [-0.25, -0.2) is 18.2 Å². The molecule has 0 bridgehead atoms. The van der Waals surface area contributed by atoms with Crippen molar-refractivity contribution in [1.82, 2.24) is 0 Å². The molecule has 2 unspecified atom stereocenters. The Balaban J connectivity index is 0. The van der Waals surface area contributed by atoms with E-state index in [1.807, 2.05) is 0 Å². The second-order valence-corrected chi connectivity index (χ2v) is 6.24. The van der Waals surface area contributed by atoms with Crippen molar-refractivity contribution in [2.45, 2.75) is 51.7 Å². The van der Waals surface area contributed by atoms with Crippen LogP contribution >= 0.6 is 0 Å². The first-order valence-corrected chi connectivity index (χ1v) is 7.54. The molecule has 0 aliphatic carbocycles. The second-order valence-electron chi connectivity index (χ2n) is 4.45. The summed E-state index contributed by atoms with van der Waals surface area (Å²) >= 11 is 0. The third kappa shape index (κ3) is 11.9. The Morgan fingerprint density at radius 1 is 1.17 bits per heavy atom. The number of unbranched alkanes of at least 4 members (excludes halogenated alkanes) is 1. The van der Waals surface area contributed by atoms with Crippen LogP contribution in [0.25, 0.3) is 0 Å². The van der Waals surface area contributed by atoms with Crippen LogP contribution in [0.1, 0.15) is 46.5 Å². The zero-order valence-electron chi connectivity index (χ0n) is 11.8. The van der Waals surface area contributed by atoms with Gasteiger partial charge in [0.05, 0.1) is 23.3 Å². The summed E-state index contributed by atoms with van der Waals surface area (Å²) < 4.78 is 31.7. The zero-order valence-corrected chi connectivity index (χ0v) is 14.7. The predicted octanol–water partition coefficient (Wildman–Crippen LogP) is -0.911. The second kappa shape index (κ2) is 11.6. The van der Waals surface area contributed by atoms with E-state index in [9.17, 15) is 13.0 Å². The predicted molar refractivity (Wildman–Crippen MR) is 64.4 cm³/mol. The van der Waals surface area contributed by atoms with Crippen LogP contribution in [0.3, 0.4) is 0 Å². The van der Waals surface area contributed by atoms with Crippen molar-refractivity contribution in [2.24, 2.45) is 5.92 Å². The van der Waals surface area contributed by atoms with Crippen molar-refractivity contribution < 1.29 is 52.3 Å². The van der Waals surface area contributed by atoms with E-state index in [-0.39, 0.29) is 42.6 Å². The van der Waals surface area contributed by atoms with Crippen molar-refractivity contribution in [3.05, 3.63) is 0 Å². The maximum absolute atomic E-state index is 10.6. The van der Waals surface area contributed by atoms with Crippen LogP contribution < -0.4 is 29.6 Å². The first-order valence-electron chi connectivity index (χ1n) is 6.07. The van der Waals surface area contributed by atoms with E-state index in [4.69, 9.17) is 9.78 Å². The van der Waals surface area contributed by atoms with Gasteiger partial charge in [-0.2, -0.15) is 0 Å². The largest absolute Gasteiger partial charge is 1.00 e. The summed E-state index contributed by atoms with van der Waals surface area (Å²) in [7, 11) is -4.20. The van der Waals surface area contributed by atoms with Crippen LogP contribution in [0.15, 0.2) is 0 Å². The molecule has 0 heterocycles. The van der Waals surface area contributed by atoms with Gasteiger partial charge in [0.15, 0.2) is 0 Å². The number of rotatable bonds is 10. The van der Waals surface area contributed by atoms with Crippen LogP contribution in [-0.4, -0.2) is 31.4 Å². The first kappa shape index (κ1) is 21.1. The summed E-state index contributed by atoms with van der Waals surface area (Å²) in [5.74, 6) is 0.426. The molecule has 0 saturated heterocycles. The van der Waals surface area contributed by atoms with Crippen LogP contribution in [0.4, 0.5) is 0 Å². The Hall–Kier alpha value is 0.830.